The molecule has 3 aromatic carbocycles. The van der Waals surface area contributed by atoms with Crippen LogP contribution in [0.3, 0.4) is 0 Å². The van der Waals surface area contributed by atoms with Crippen LogP contribution in [0.1, 0.15) is 34.8 Å². The zero-order chi connectivity index (χ0) is 28.4. The summed E-state index contributed by atoms with van der Waals surface area (Å²) in [4.78, 5) is 24.3. The summed E-state index contributed by atoms with van der Waals surface area (Å²) in [6, 6.07) is 21.1. The third-order valence-corrected chi connectivity index (χ3v) is 6.43. The number of nitrogens with zero attached hydrogens (tertiary/aromatic N) is 7. The van der Waals surface area contributed by atoms with Crippen molar-refractivity contribution in [1.82, 2.24) is 0 Å². The Labute approximate surface area is 230 Å². The minimum Gasteiger partial charge on any atom is -0.494 e. The second-order valence-electron chi connectivity index (χ2n) is 8.86. The van der Waals surface area contributed by atoms with E-state index in [2.05, 4.69) is 20.1 Å². The van der Waals surface area contributed by atoms with E-state index >= 15 is 0 Å². The second-order valence-corrected chi connectivity index (χ2v) is 8.86. The van der Waals surface area contributed by atoms with E-state index < -0.39 is 17.6 Å². The highest BCUT2D eigenvalue weighted by molar-refractivity contribution is 6.00. The lowest BCUT2D eigenvalue weighted by molar-refractivity contribution is -0.149. The summed E-state index contributed by atoms with van der Waals surface area (Å²) in [6.45, 7) is 0.481. The number of methoxy groups -OCH3 is 1. The van der Waals surface area contributed by atoms with Gasteiger partial charge in [0.15, 0.2) is 6.10 Å². The van der Waals surface area contributed by atoms with Gasteiger partial charge in [0.2, 0.25) is 11.4 Å². The number of carbonyl (C=O) groups excluding carboxylic acids is 1. The van der Waals surface area contributed by atoms with Crippen LogP contribution in [0.2, 0.25) is 0 Å². The number of hydrogen-bond acceptors (Lipinski definition) is 8. The molecule has 0 saturated heterocycles. The predicted octanol–water partition coefficient (Wildman–Crippen LogP) is 5.87. The summed E-state index contributed by atoms with van der Waals surface area (Å²) in [6.07, 6.45) is -0.450. The molecule has 1 heterocycles. The Kier molecular flexibility index (Phi) is 9.22. The number of azide groups is 2. The van der Waals surface area contributed by atoms with Crippen LogP contribution in [0.25, 0.3) is 20.9 Å². The van der Waals surface area contributed by atoms with Crippen molar-refractivity contribution < 1.29 is 24.1 Å². The van der Waals surface area contributed by atoms with Gasteiger partial charge in [-0.3, -0.25) is 0 Å². The first kappa shape index (κ1) is 28.0. The highest BCUT2D eigenvalue weighted by Gasteiger charge is 2.55. The van der Waals surface area contributed by atoms with Crippen LogP contribution in [-0.4, -0.2) is 42.8 Å². The molecule has 0 spiro atoms. The van der Waals surface area contributed by atoms with Gasteiger partial charge in [-0.1, -0.05) is 58.8 Å². The summed E-state index contributed by atoms with van der Waals surface area (Å²) >= 11 is 0. The van der Waals surface area contributed by atoms with E-state index in [-0.39, 0.29) is 31.2 Å². The van der Waals surface area contributed by atoms with Crippen LogP contribution in [0.15, 0.2) is 88.0 Å². The molecule has 4 rings (SSSR count). The molecule has 204 valence electrons. The molecule has 0 unspecified atom stereocenters. The van der Waals surface area contributed by atoms with Crippen molar-refractivity contribution in [3.8, 4) is 5.75 Å². The van der Waals surface area contributed by atoms with Gasteiger partial charge in [0, 0.05) is 46.1 Å². The third kappa shape index (κ3) is 6.00. The lowest BCUT2D eigenvalue weighted by atomic mass is 9.81. The first-order chi connectivity index (χ1) is 19.6. The van der Waals surface area contributed by atoms with Crippen LogP contribution >= 0.6 is 0 Å². The molecule has 0 radical (unpaired) electrons. The molecule has 40 heavy (non-hydrogen) atoms. The number of aliphatic imine (C=N–C) groups is 1. The van der Waals surface area contributed by atoms with Crippen LogP contribution in [0.5, 0.6) is 5.75 Å². The maximum Gasteiger partial charge on any atom is 0.338 e. The molecule has 1 N–H and O–H groups in total. The highest BCUT2D eigenvalue weighted by Crippen LogP contribution is 2.46. The Morgan fingerprint density at radius 2 is 1.77 bits per heavy atom. The molecular weight excluding hydrogens is 514 g/mol. The number of carbonyl (C=O) groups is 1. The lowest BCUT2D eigenvalue weighted by Gasteiger charge is -2.30. The van der Waals surface area contributed by atoms with Crippen molar-refractivity contribution in [3.63, 3.8) is 0 Å². The van der Waals surface area contributed by atoms with Gasteiger partial charge < -0.3 is 19.3 Å². The van der Waals surface area contributed by atoms with Gasteiger partial charge in [0.25, 0.3) is 0 Å². The fraction of sp³-hybridized carbons (Fsp3) is 0.286. The summed E-state index contributed by atoms with van der Waals surface area (Å²) in [5, 5.41) is 16.5. The number of hydrogen-bond donors (Lipinski definition) is 1. The standard InChI is InChI=1S/C28H27N7O5/c1-38-27(37)28(17-20-7-2-3-8-21(20)18-31-34-29)25(23-9-4-5-10-24(23)33-35-30)40-26(32-28)19-11-13-22(14-12-19)39-16-6-15-36/h2-5,7-14,25,36H,6,15-18H2,1H3/t25-,28-/m1/s1. The Balaban J connectivity index is 1.84. The largest absolute Gasteiger partial charge is 0.494 e. The monoisotopic (exact) mass is 541 g/mol. The molecule has 3 aromatic rings. The van der Waals surface area contributed by atoms with Crippen molar-refractivity contribution in [1.29, 1.82) is 0 Å². The Morgan fingerprint density at radius 1 is 1.05 bits per heavy atom. The SMILES string of the molecule is COC(=O)[C@]1(Cc2ccccc2CN=[N+]=[N-])N=C(c2ccc(OCCCO)cc2)O[C@@H]1c1ccccc1N=[N+]=[N-]. The Bertz CT molecular complexity index is 1480. The number of benzene rings is 3. The van der Waals surface area contributed by atoms with Crippen molar-refractivity contribution >= 4 is 17.6 Å². The quantitative estimate of drug-likeness (QED) is 0.0989. The van der Waals surface area contributed by atoms with E-state index in [0.29, 0.717) is 35.5 Å². The van der Waals surface area contributed by atoms with Gasteiger partial charge in [0.05, 0.1) is 20.3 Å². The van der Waals surface area contributed by atoms with E-state index in [9.17, 15) is 10.3 Å². The first-order valence-electron chi connectivity index (χ1n) is 12.5. The average molecular weight is 542 g/mol. The Morgan fingerprint density at radius 3 is 2.48 bits per heavy atom. The van der Waals surface area contributed by atoms with Crippen molar-refractivity contribution in [3.05, 3.63) is 116 Å². The summed E-state index contributed by atoms with van der Waals surface area (Å²) in [5.41, 5.74) is 19.2. The van der Waals surface area contributed by atoms with Gasteiger partial charge in [-0.2, -0.15) is 0 Å². The van der Waals surface area contributed by atoms with E-state index in [4.69, 9.17) is 29.8 Å². The molecule has 0 amide bonds. The summed E-state index contributed by atoms with van der Waals surface area (Å²) in [7, 11) is 1.28. The number of esters is 1. The summed E-state index contributed by atoms with van der Waals surface area (Å²) < 4.78 is 17.3. The van der Waals surface area contributed by atoms with Crippen LogP contribution < -0.4 is 4.74 Å². The maximum atomic E-state index is 13.7. The van der Waals surface area contributed by atoms with Crippen molar-refractivity contribution in [2.45, 2.75) is 31.0 Å². The molecular formula is C28H27N7O5. The van der Waals surface area contributed by atoms with E-state index in [1.807, 2.05) is 24.3 Å². The number of ether oxygens (including phenoxy) is 3. The van der Waals surface area contributed by atoms with Crippen LogP contribution in [0.4, 0.5) is 5.69 Å². The van der Waals surface area contributed by atoms with Gasteiger partial charge in [-0.05, 0) is 46.5 Å². The fourth-order valence-electron chi connectivity index (χ4n) is 4.54. The minimum absolute atomic E-state index is 0.0308. The van der Waals surface area contributed by atoms with Crippen LogP contribution in [0, 0.1) is 0 Å². The highest BCUT2D eigenvalue weighted by atomic mass is 16.5. The smallest absolute Gasteiger partial charge is 0.338 e. The number of aliphatic hydroxyl groups is 1. The molecule has 2 atom stereocenters. The van der Waals surface area contributed by atoms with Gasteiger partial charge in [-0.25, -0.2) is 9.79 Å². The first-order valence-corrected chi connectivity index (χ1v) is 12.5. The zero-order valence-corrected chi connectivity index (χ0v) is 21.8. The predicted molar refractivity (Wildman–Crippen MR) is 147 cm³/mol. The van der Waals surface area contributed by atoms with Crippen LogP contribution in [-0.2, 0) is 27.2 Å². The van der Waals surface area contributed by atoms with Gasteiger partial charge in [-0.15, -0.1) is 0 Å². The molecule has 0 bridgehead atoms. The Hall–Kier alpha value is -5.02. The van der Waals surface area contributed by atoms with Crippen molar-refractivity contribution in [2.75, 3.05) is 20.3 Å². The molecule has 0 saturated carbocycles. The molecule has 12 heteroatoms. The minimum atomic E-state index is -1.60. The molecule has 1 aliphatic heterocycles. The van der Waals surface area contributed by atoms with Gasteiger partial charge >= 0.3 is 5.97 Å². The van der Waals surface area contributed by atoms with E-state index in [1.54, 1.807) is 48.5 Å². The average Bonchev–Trinajstić information content (AvgIpc) is 3.37. The van der Waals surface area contributed by atoms with E-state index in [1.165, 1.54) is 7.11 Å². The van der Waals surface area contributed by atoms with Crippen molar-refractivity contribution in [2.24, 2.45) is 15.2 Å². The molecule has 1 aliphatic rings. The van der Waals surface area contributed by atoms with E-state index in [0.717, 1.165) is 5.56 Å². The second kappa shape index (κ2) is 13.2. The molecule has 12 nitrogen and oxygen atoms in total. The van der Waals surface area contributed by atoms with Gasteiger partial charge in [0.1, 0.15) is 5.75 Å². The molecule has 0 aliphatic carbocycles. The topological polar surface area (TPSA) is 175 Å². The zero-order valence-electron chi connectivity index (χ0n) is 21.8. The maximum absolute atomic E-state index is 13.7. The number of aliphatic hydroxyl groups excluding tert-OH is 1. The summed E-state index contributed by atoms with van der Waals surface area (Å²) in [5.74, 6) is 0.151. The lowest BCUT2D eigenvalue weighted by Crippen LogP contribution is -2.44. The molecule has 0 aromatic heterocycles. The number of rotatable bonds is 12. The fourth-order valence-corrected chi connectivity index (χ4v) is 4.54. The normalized spacial score (nSPS) is 17.6. The third-order valence-electron chi connectivity index (χ3n) is 6.43. The molecule has 0 fully saturated rings.